The van der Waals surface area contributed by atoms with Crippen LogP contribution in [0, 0.1) is 6.92 Å². The molecular formula is C18H17ClN2O3. The molecule has 3 aromatic rings. The van der Waals surface area contributed by atoms with Gasteiger partial charge in [-0.25, -0.2) is 9.78 Å². The van der Waals surface area contributed by atoms with E-state index < -0.39 is 5.97 Å². The lowest BCUT2D eigenvalue weighted by atomic mass is 10.0. The Kier molecular flexibility index (Phi) is 4.55. The number of aryl methyl sites for hydroxylation is 1. The smallest absolute Gasteiger partial charge is 0.337 e. The lowest BCUT2D eigenvalue weighted by Gasteiger charge is -2.10. The van der Waals surface area contributed by atoms with Crippen molar-refractivity contribution in [1.82, 2.24) is 9.55 Å². The predicted molar refractivity (Wildman–Crippen MR) is 93.8 cm³/mol. The largest absolute Gasteiger partial charge is 0.478 e. The van der Waals surface area contributed by atoms with Crippen molar-refractivity contribution in [3.8, 4) is 11.1 Å². The van der Waals surface area contributed by atoms with Crippen LogP contribution < -0.4 is 0 Å². The van der Waals surface area contributed by atoms with Gasteiger partial charge in [-0.15, -0.1) is 0 Å². The highest BCUT2D eigenvalue weighted by Gasteiger charge is 2.17. The first-order valence-electron chi connectivity index (χ1n) is 7.49. The van der Waals surface area contributed by atoms with Crippen LogP contribution in [0.5, 0.6) is 0 Å². The van der Waals surface area contributed by atoms with Crippen LogP contribution in [0.25, 0.3) is 22.2 Å². The Morgan fingerprint density at radius 3 is 2.79 bits per heavy atom. The molecule has 1 heterocycles. The van der Waals surface area contributed by atoms with E-state index in [2.05, 4.69) is 4.98 Å². The number of methoxy groups -OCH3 is 1. The fourth-order valence-electron chi connectivity index (χ4n) is 2.74. The molecule has 0 spiro atoms. The highest BCUT2D eigenvalue weighted by atomic mass is 35.5. The van der Waals surface area contributed by atoms with E-state index in [0.29, 0.717) is 29.2 Å². The number of hydrogen-bond acceptors (Lipinski definition) is 3. The van der Waals surface area contributed by atoms with Gasteiger partial charge >= 0.3 is 5.97 Å². The molecule has 0 aliphatic rings. The molecule has 0 unspecified atom stereocenters. The van der Waals surface area contributed by atoms with Gasteiger partial charge < -0.3 is 14.4 Å². The Hall–Kier alpha value is -2.37. The SMILES string of the molecule is COCCn1cnc2cc(-c3ccc(C)cc3Cl)cc(C(=O)O)c21. The van der Waals surface area contributed by atoms with E-state index in [0.717, 1.165) is 16.7 Å². The number of carboxylic acid groups (broad SMARTS) is 1. The number of aromatic carboxylic acids is 1. The third kappa shape index (κ3) is 3.00. The Labute approximate surface area is 144 Å². The van der Waals surface area contributed by atoms with Crippen molar-refractivity contribution in [2.75, 3.05) is 13.7 Å². The van der Waals surface area contributed by atoms with E-state index in [9.17, 15) is 9.90 Å². The third-order valence-electron chi connectivity index (χ3n) is 3.92. The maximum atomic E-state index is 11.8. The molecule has 0 atom stereocenters. The molecule has 24 heavy (non-hydrogen) atoms. The summed E-state index contributed by atoms with van der Waals surface area (Å²) in [6, 6.07) is 9.21. The summed E-state index contributed by atoms with van der Waals surface area (Å²) in [7, 11) is 1.61. The molecule has 0 aliphatic heterocycles. The van der Waals surface area contributed by atoms with Gasteiger partial charge in [0.05, 0.1) is 29.5 Å². The van der Waals surface area contributed by atoms with Gasteiger partial charge in [-0.2, -0.15) is 0 Å². The number of nitrogens with zero attached hydrogens (tertiary/aromatic N) is 2. The summed E-state index contributed by atoms with van der Waals surface area (Å²) in [5.41, 5.74) is 3.99. The van der Waals surface area contributed by atoms with Gasteiger partial charge in [0.2, 0.25) is 0 Å². The maximum absolute atomic E-state index is 11.8. The standard InChI is InChI=1S/C18H17ClN2O3/c1-11-3-4-13(15(19)7-11)12-8-14(18(22)23)17-16(9-12)20-10-21(17)5-6-24-2/h3-4,7-10H,5-6H2,1-2H3,(H,22,23). The number of rotatable bonds is 5. The number of hydrogen-bond donors (Lipinski definition) is 1. The second kappa shape index (κ2) is 6.63. The summed E-state index contributed by atoms with van der Waals surface area (Å²) in [5.74, 6) is -0.996. The Morgan fingerprint density at radius 2 is 2.12 bits per heavy atom. The number of imidazole rings is 1. The van der Waals surface area contributed by atoms with Crippen molar-refractivity contribution in [3.63, 3.8) is 0 Å². The van der Waals surface area contributed by atoms with Crippen LogP contribution in [0.15, 0.2) is 36.7 Å². The van der Waals surface area contributed by atoms with E-state index >= 15 is 0 Å². The molecule has 0 fully saturated rings. The molecule has 124 valence electrons. The molecule has 2 aromatic carbocycles. The van der Waals surface area contributed by atoms with Gasteiger partial charge in [-0.3, -0.25) is 0 Å². The molecule has 0 aliphatic carbocycles. The van der Waals surface area contributed by atoms with Gasteiger partial charge in [0.25, 0.3) is 0 Å². The van der Waals surface area contributed by atoms with Gasteiger partial charge in [0.15, 0.2) is 0 Å². The molecule has 1 aromatic heterocycles. The highest BCUT2D eigenvalue weighted by Crippen LogP contribution is 2.32. The number of carboxylic acids is 1. The number of halogens is 1. The molecule has 1 N–H and O–H groups in total. The van der Waals surface area contributed by atoms with Crippen LogP contribution in [0.2, 0.25) is 5.02 Å². The Morgan fingerprint density at radius 1 is 1.33 bits per heavy atom. The monoisotopic (exact) mass is 344 g/mol. The van der Waals surface area contributed by atoms with E-state index in [1.807, 2.05) is 31.2 Å². The minimum Gasteiger partial charge on any atom is -0.478 e. The number of benzene rings is 2. The van der Waals surface area contributed by atoms with Crippen molar-refractivity contribution in [2.24, 2.45) is 0 Å². The molecule has 0 saturated heterocycles. The van der Waals surface area contributed by atoms with E-state index in [1.165, 1.54) is 0 Å². The lowest BCUT2D eigenvalue weighted by Crippen LogP contribution is -2.07. The molecular weight excluding hydrogens is 328 g/mol. The van der Waals surface area contributed by atoms with Crippen molar-refractivity contribution in [2.45, 2.75) is 13.5 Å². The molecule has 3 rings (SSSR count). The second-order valence-corrected chi connectivity index (χ2v) is 6.02. The molecule has 0 bridgehead atoms. The van der Waals surface area contributed by atoms with E-state index in [1.54, 1.807) is 24.1 Å². The fourth-order valence-corrected chi connectivity index (χ4v) is 3.09. The van der Waals surface area contributed by atoms with Crippen LogP contribution in [0.3, 0.4) is 0 Å². The molecule has 0 radical (unpaired) electrons. The Bertz CT molecular complexity index is 918. The maximum Gasteiger partial charge on any atom is 0.337 e. The zero-order chi connectivity index (χ0) is 17.3. The Balaban J connectivity index is 2.20. The minimum atomic E-state index is -0.996. The van der Waals surface area contributed by atoms with Gasteiger partial charge in [0, 0.05) is 24.2 Å². The van der Waals surface area contributed by atoms with Crippen molar-refractivity contribution in [1.29, 1.82) is 0 Å². The first-order chi connectivity index (χ1) is 11.5. The van der Waals surface area contributed by atoms with E-state index in [4.69, 9.17) is 16.3 Å². The summed E-state index contributed by atoms with van der Waals surface area (Å²) in [4.78, 5) is 16.1. The summed E-state index contributed by atoms with van der Waals surface area (Å²) in [6.45, 7) is 2.98. The summed E-state index contributed by atoms with van der Waals surface area (Å²) < 4.78 is 6.87. The van der Waals surface area contributed by atoms with Crippen molar-refractivity contribution >= 4 is 28.6 Å². The first-order valence-corrected chi connectivity index (χ1v) is 7.86. The topological polar surface area (TPSA) is 64.4 Å². The number of fused-ring (bicyclic) bond motifs is 1. The molecule has 0 saturated carbocycles. The summed E-state index contributed by atoms with van der Waals surface area (Å²) >= 11 is 6.33. The normalized spacial score (nSPS) is 11.1. The van der Waals surface area contributed by atoms with Gasteiger partial charge in [-0.05, 0) is 36.2 Å². The second-order valence-electron chi connectivity index (χ2n) is 5.61. The minimum absolute atomic E-state index is 0.202. The summed E-state index contributed by atoms with van der Waals surface area (Å²) in [5, 5.41) is 10.2. The average Bonchev–Trinajstić information content (AvgIpc) is 2.94. The first kappa shape index (κ1) is 16.5. The zero-order valence-electron chi connectivity index (χ0n) is 13.4. The fraction of sp³-hybridized carbons (Fsp3) is 0.222. The van der Waals surface area contributed by atoms with Crippen molar-refractivity contribution < 1.29 is 14.6 Å². The number of aromatic nitrogens is 2. The quantitative estimate of drug-likeness (QED) is 0.759. The van der Waals surface area contributed by atoms with Crippen molar-refractivity contribution in [3.05, 3.63) is 52.8 Å². The third-order valence-corrected chi connectivity index (χ3v) is 4.23. The highest BCUT2D eigenvalue weighted by molar-refractivity contribution is 6.33. The van der Waals surface area contributed by atoms with E-state index in [-0.39, 0.29) is 5.56 Å². The number of ether oxygens (including phenoxy) is 1. The van der Waals surface area contributed by atoms with Gasteiger partial charge in [-0.1, -0.05) is 23.7 Å². The van der Waals surface area contributed by atoms with Crippen LogP contribution in [0.4, 0.5) is 0 Å². The van der Waals surface area contributed by atoms with Gasteiger partial charge in [0.1, 0.15) is 0 Å². The average molecular weight is 345 g/mol. The molecule has 6 heteroatoms. The van der Waals surface area contributed by atoms with Crippen LogP contribution in [-0.2, 0) is 11.3 Å². The zero-order valence-corrected chi connectivity index (χ0v) is 14.2. The van der Waals surface area contributed by atoms with Crippen LogP contribution in [-0.4, -0.2) is 34.3 Å². The van der Waals surface area contributed by atoms with Crippen LogP contribution in [0.1, 0.15) is 15.9 Å². The number of carbonyl (C=O) groups is 1. The summed E-state index contributed by atoms with van der Waals surface area (Å²) in [6.07, 6.45) is 1.64. The predicted octanol–water partition coefficient (Wildman–Crippen LogP) is 4.01. The molecule has 5 nitrogen and oxygen atoms in total. The molecule has 0 amide bonds. The lowest BCUT2D eigenvalue weighted by molar-refractivity contribution is 0.0698. The van der Waals surface area contributed by atoms with Crippen LogP contribution >= 0.6 is 11.6 Å².